The fraction of sp³-hybridized carbons (Fsp3) is 0.400. The molecule has 8 N–H and O–H groups in total. The van der Waals surface area contributed by atoms with E-state index in [1.807, 2.05) is 0 Å². The number of aliphatic hydroxyl groups is 6. The zero-order chi connectivity index (χ0) is 23.2. The van der Waals surface area contributed by atoms with Crippen molar-refractivity contribution in [2.24, 2.45) is 5.90 Å². The van der Waals surface area contributed by atoms with Gasteiger partial charge in [-0.05, 0) is 19.1 Å². The molecule has 0 radical (unpaired) electrons. The van der Waals surface area contributed by atoms with E-state index in [2.05, 4.69) is 14.3 Å². The van der Waals surface area contributed by atoms with E-state index in [-0.39, 0.29) is 0 Å². The fourth-order valence-corrected chi connectivity index (χ4v) is 2.95. The Morgan fingerprint density at radius 1 is 1.20 bits per heavy atom. The van der Waals surface area contributed by atoms with Crippen LogP contribution in [0, 0.1) is 0 Å². The van der Waals surface area contributed by atoms with Gasteiger partial charge in [-0.15, -0.1) is 0 Å². The molecular formula is C15H15ClF3NO10. The number of hydrogen-bond acceptors (Lipinski definition) is 11. The van der Waals surface area contributed by atoms with E-state index in [9.17, 15) is 48.6 Å². The first-order valence-corrected chi connectivity index (χ1v) is 8.09. The lowest BCUT2D eigenvalue weighted by Crippen LogP contribution is -2.42. The van der Waals surface area contributed by atoms with Crippen molar-refractivity contribution in [3.63, 3.8) is 0 Å². The molecule has 1 heterocycles. The smallest absolute Gasteiger partial charge is 0.430 e. The molecule has 0 saturated carbocycles. The highest BCUT2D eigenvalue weighted by atomic mass is 35.5. The third-order valence-electron chi connectivity index (χ3n) is 3.79. The van der Waals surface area contributed by atoms with Crippen molar-refractivity contribution >= 4 is 23.6 Å². The standard InChI is InChI=1S/C15H15ClF3NO10/c1-4(30-20)28-12(21)6-2-5-8(29-11(6)13(17,18)19)3-7(14(22,23)24)10(16)9(5)15(25,26)27/h2-4,11,22-27H,20H2,1H3. The zero-order valence-corrected chi connectivity index (χ0v) is 15.5. The second-order valence-corrected chi connectivity index (χ2v) is 6.42. The van der Waals surface area contributed by atoms with Crippen molar-refractivity contribution in [1.29, 1.82) is 0 Å². The van der Waals surface area contributed by atoms with Crippen LogP contribution < -0.4 is 10.6 Å². The van der Waals surface area contributed by atoms with Crippen molar-refractivity contribution in [3.05, 3.63) is 33.4 Å². The van der Waals surface area contributed by atoms with Crippen molar-refractivity contribution in [3.8, 4) is 5.75 Å². The van der Waals surface area contributed by atoms with Crippen LogP contribution in [-0.2, 0) is 26.3 Å². The topological polar surface area (TPSA) is 192 Å². The zero-order valence-electron chi connectivity index (χ0n) is 14.7. The number of benzene rings is 1. The van der Waals surface area contributed by atoms with Crippen LogP contribution in [0.2, 0.25) is 5.02 Å². The maximum atomic E-state index is 13.5. The van der Waals surface area contributed by atoms with E-state index in [0.717, 1.165) is 6.92 Å². The van der Waals surface area contributed by atoms with Crippen LogP contribution in [-0.4, -0.2) is 55.2 Å². The lowest BCUT2D eigenvalue weighted by Gasteiger charge is -2.32. The van der Waals surface area contributed by atoms with E-state index < -0.39 is 69.5 Å². The Labute approximate surface area is 169 Å². The number of hydrogen-bond donors (Lipinski definition) is 7. The van der Waals surface area contributed by atoms with Gasteiger partial charge in [0.05, 0.1) is 21.7 Å². The van der Waals surface area contributed by atoms with Crippen LogP contribution in [0.4, 0.5) is 13.2 Å². The molecule has 0 spiro atoms. The van der Waals surface area contributed by atoms with Gasteiger partial charge in [0.2, 0.25) is 12.4 Å². The molecule has 2 atom stereocenters. The third-order valence-corrected chi connectivity index (χ3v) is 4.18. The highest BCUT2D eigenvalue weighted by Crippen LogP contribution is 2.46. The summed E-state index contributed by atoms with van der Waals surface area (Å²) in [7, 11) is 0. The summed E-state index contributed by atoms with van der Waals surface area (Å²) in [6, 6.07) is 0.426. The second-order valence-electron chi connectivity index (χ2n) is 6.04. The quantitative estimate of drug-likeness (QED) is 0.161. The van der Waals surface area contributed by atoms with Gasteiger partial charge in [0.15, 0.2) is 0 Å². The van der Waals surface area contributed by atoms with Crippen LogP contribution >= 0.6 is 11.6 Å². The Morgan fingerprint density at radius 2 is 1.77 bits per heavy atom. The highest BCUT2D eigenvalue weighted by molar-refractivity contribution is 6.32. The minimum absolute atomic E-state index is 0.415. The Hall–Kier alpha value is -2.01. The Bertz CT molecular complexity index is 875. The third kappa shape index (κ3) is 4.83. The monoisotopic (exact) mass is 461 g/mol. The maximum absolute atomic E-state index is 13.5. The number of esters is 1. The first-order valence-electron chi connectivity index (χ1n) is 7.71. The van der Waals surface area contributed by atoms with Crippen LogP contribution in [0.5, 0.6) is 5.75 Å². The summed E-state index contributed by atoms with van der Waals surface area (Å²) in [5.74, 6) is -5.47. The number of rotatable bonds is 5. The van der Waals surface area contributed by atoms with Gasteiger partial charge in [0.1, 0.15) is 5.75 Å². The largest absolute Gasteiger partial charge is 0.475 e. The summed E-state index contributed by atoms with van der Waals surface area (Å²) in [5, 5.41) is 55.7. The second kappa shape index (κ2) is 7.92. The van der Waals surface area contributed by atoms with Crippen molar-refractivity contribution in [2.75, 3.05) is 0 Å². The molecule has 0 amide bonds. The van der Waals surface area contributed by atoms with Gasteiger partial charge in [-0.25, -0.2) is 10.7 Å². The average Bonchev–Trinajstić information content (AvgIpc) is 2.56. The first-order chi connectivity index (χ1) is 13.5. The number of nitrogens with two attached hydrogens (primary N) is 1. The first kappa shape index (κ1) is 24.3. The molecule has 11 nitrogen and oxygen atoms in total. The van der Waals surface area contributed by atoms with Crippen molar-refractivity contribution in [1.82, 2.24) is 0 Å². The molecule has 30 heavy (non-hydrogen) atoms. The molecule has 1 aromatic carbocycles. The van der Waals surface area contributed by atoms with Gasteiger partial charge in [0.25, 0.3) is 0 Å². The van der Waals surface area contributed by atoms with Gasteiger partial charge in [-0.2, -0.15) is 13.2 Å². The van der Waals surface area contributed by atoms with Crippen LogP contribution in [0.1, 0.15) is 23.6 Å². The average molecular weight is 462 g/mol. The van der Waals surface area contributed by atoms with E-state index in [0.29, 0.717) is 12.1 Å². The molecule has 1 aromatic rings. The van der Waals surface area contributed by atoms with E-state index in [4.69, 9.17) is 17.5 Å². The predicted octanol–water partition coefficient (Wildman–Crippen LogP) is -0.999. The SMILES string of the molecule is CC(ON)OC(=O)C1=Cc2c(cc(C(O)(O)O)c(Cl)c2C(O)(O)O)OC1C(F)(F)F. The minimum Gasteiger partial charge on any atom is -0.475 e. The van der Waals surface area contributed by atoms with Gasteiger partial charge >= 0.3 is 24.1 Å². The summed E-state index contributed by atoms with van der Waals surface area (Å²) >= 11 is 5.76. The lowest BCUT2D eigenvalue weighted by atomic mass is 9.93. The van der Waals surface area contributed by atoms with E-state index >= 15 is 0 Å². The molecule has 0 bridgehead atoms. The van der Waals surface area contributed by atoms with Gasteiger partial charge in [0, 0.05) is 5.56 Å². The molecule has 1 aliphatic heterocycles. The molecule has 15 heteroatoms. The van der Waals surface area contributed by atoms with Gasteiger partial charge in [-0.1, -0.05) is 11.6 Å². The molecule has 2 rings (SSSR count). The summed E-state index contributed by atoms with van der Waals surface area (Å²) < 4.78 is 49.6. The Kier molecular flexibility index (Phi) is 6.40. The summed E-state index contributed by atoms with van der Waals surface area (Å²) in [6.07, 6.45) is -9.27. The lowest BCUT2D eigenvalue weighted by molar-refractivity contribution is -0.327. The van der Waals surface area contributed by atoms with Gasteiger partial charge < -0.3 is 40.1 Å². The molecule has 0 aromatic heterocycles. The molecule has 0 aliphatic carbocycles. The van der Waals surface area contributed by atoms with E-state index in [1.165, 1.54) is 0 Å². The number of fused-ring (bicyclic) bond motifs is 1. The Balaban J connectivity index is 2.81. The number of ether oxygens (including phenoxy) is 2. The molecular weight excluding hydrogens is 447 g/mol. The number of alkyl halides is 3. The molecule has 168 valence electrons. The number of halogens is 4. The fourth-order valence-electron chi connectivity index (χ4n) is 2.54. The highest BCUT2D eigenvalue weighted by Gasteiger charge is 2.50. The summed E-state index contributed by atoms with van der Waals surface area (Å²) in [4.78, 5) is 16.3. The van der Waals surface area contributed by atoms with Crippen molar-refractivity contribution in [2.45, 2.75) is 37.4 Å². The molecule has 2 unspecified atom stereocenters. The molecule has 0 saturated heterocycles. The van der Waals surface area contributed by atoms with Crippen LogP contribution in [0.25, 0.3) is 6.08 Å². The van der Waals surface area contributed by atoms with Crippen molar-refractivity contribution < 1.29 is 62.9 Å². The maximum Gasteiger partial charge on any atom is 0.430 e. The number of carbonyl (C=O) groups is 1. The number of carbonyl (C=O) groups excluding carboxylic acids is 1. The Morgan fingerprint density at radius 3 is 2.20 bits per heavy atom. The van der Waals surface area contributed by atoms with Crippen LogP contribution in [0.15, 0.2) is 11.6 Å². The normalized spacial score (nSPS) is 18.3. The van der Waals surface area contributed by atoms with Crippen LogP contribution in [0.3, 0.4) is 0 Å². The van der Waals surface area contributed by atoms with Gasteiger partial charge in [-0.3, -0.25) is 4.84 Å². The molecule has 0 fully saturated rings. The molecule has 1 aliphatic rings. The summed E-state index contributed by atoms with van der Waals surface area (Å²) in [6.45, 7) is 1.08. The van der Waals surface area contributed by atoms with E-state index in [1.54, 1.807) is 0 Å². The predicted molar refractivity (Wildman–Crippen MR) is 87.4 cm³/mol. The summed E-state index contributed by atoms with van der Waals surface area (Å²) in [5.41, 5.74) is -4.39. The minimum atomic E-state index is -5.22.